The minimum atomic E-state index is -1.03. The van der Waals surface area contributed by atoms with Crippen LogP contribution in [0, 0.1) is 29.6 Å². The van der Waals surface area contributed by atoms with Crippen LogP contribution in [0.1, 0.15) is 30.6 Å². The van der Waals surface area contributed by atoms with Gasteiger partial charge >= 0.3 is 5.97 Å². The van der Waals surface area contributed by atoms with Crippen LogP contribution in [0.2, 0.25) is 5.02 Å². The first-order chi connectivity index (χ1) is 13.8. The van der Waals surface area contributed by atoms with Gasteiger partial charge in [-0.05, 0) is 48.4 Å². The van der Waals surface area contributed by atoms with E-state index in [1.165, 1.54) is 0 Å². The molecule has 0 spiro atoms. The number of amides is 2. The minimum Gasteiger partial charge on any atom is -0.456 e. The van der Waals surface area contributed by atoms with Gasteiger partial charge in [0.2, 0.25) is 11.8 Å². The van der Waals surface area contributed by atoms with Crippen LogP contribution in [0.15, 0.2) is 36.4 Å². The summed E-state index contributed by atoms with van der Waals surface area (Å²) < 4.78 is 5.23. The minimum absolute atomic E-state index is 0.0711. The first-order valence-electron chi connectivity index (χ1n) is 9.80. The lowest BCUT2D eigenvalue weighted by molar-refractivity contribution is -0.160. The van der Waals surface area contributed by atoms with E-state index in [2.05, 4.69) is 0 Å². The molecule has 2 aliphatic carbocycles. The zero-order chi connectivity index (χ0) is 20.9. The number of allylic oxidation sites excluding steroid dienone is 2. The maximum Gasteiger partial charge on any atom is 0.330 e. The third kappa shape index (κ3) is 3.29. The highest BCUT2D eigenvalue weighted by Gasteiger charge is 2.61. The number of ketones is 1. The zero-order valence-corrected chi connectivity index (χ0v) is 17.0. The largest absolute Gasteiger partial charge is 0.456 e. The van der Waals surface area contributed by atoms with Crippen molar-refractivity contribution in [2.75, 3.05) is 6.61 Å². The molecule has 3 aliphatic rings. The fourth-order valence-corrected chi connectivity index (χ4v) is 4.94. The molecule has 4 rings (SSSR count). The number of benzene rings is 1. The van der Waals surface area contributed by atoms with Crippen molar-refractivity contribution in [2.24, 2.45) is 29.6 Å². The van der Waals surface area contributed by atoms with Gasteiger partial charge in [0.15, 0.2) is 12.4 Å². The van der Waals surface area contributed by atoms with Crippen LogP contribution in [0.4, 0.5) is 0 Å². The summed E-state index contributed by atoms with van der Waals surface area (Å²) in [6.45, 7) is 3.06. The lowest BCUT2D eigenvalue weighted by atomic mass is 9.85. The average Bonchev–Trinajstić information content (AvgIpc) is 3.36. The third-order valence-corrected chi connectivity index (χ3v) is 6.42. The number of carbonyl (C=O) groups excluding carboxylic acids is 4. The second-order valence-electron chi connectivity index (χ2n) is 8.27. The molecule has 0 aromatic heterocycles. The molecule has 1 saturated heterocycles. The number of hydrogen-bond donors (Lipinski definition) is 0. The Morgan fingerprint density at radius 1 is 1.07 bits per heavy atom. The maximum atomic E-state index is 13.0. The number of carbonyl (C=O) groups is 4. The molecule has 1 aromatic carbocycles. The van der Waals surface area contributed by atoms with Crippen LogP contribution >= 0.6 is 11.6 Å². The lowest BCUT2D eigenvalue weighted by Crippen LogP contribution is -2.50. The first-order valence-corrected chi connectivity index (χ1v) is 10.2. The van der Waals surface area contributed by atoms with Crippen molar-refractivity contribution < 1.29 is 23.9 Å². The van der Waals surface area contributed by atoms with Gasteiger partial charge < -0.3 is 4.74 Å². The number of ether oxygens (including phenoxy) is 1. The van der Waals surface area contributed by atoms with E-state index < -0.39 is 18.6 Å². The molecule has 0 radical (unpaired) electrons. The summed E-state index contributed by atoms with van der Waals surface area (Å²) in [7, 11) is 0. The van der Waals surface area contributed by atoms with Crippen LogP contribution in [-0.2, 0) is 19.1 Å². The number of fused-ring (bicyclic) bond motifs is 5. The van der Waals surface area contributed by atoms with E-state index in [9.17, 15) is 19.2 Å². The predicted octanol–water partition coefficient (Wildman–Crippen LogP) is 2.90. The number of nitrogens with zero attached hydrogens (tertiary/aromatic N) is 1. The maximum absolute atomic E-state index is 13.0. The number of Topliss-reactive ketones (excluding diaryl/α,β-unsaturated/α-hetero) is 1. The Kier molecular flexibility index (Phi) is 5.07. The predicted molar refractivity (Wildman–Crippen MR) is 105 cm³/mol. The second kappa shape index (κ2) is 7.41. The second-order valence-corrected chi connectivity index (χ2v) is 8.71. The Labute approximate surface area is 173 Å². The van der Waals surface area contributed by atoms with Crippen molar-refractivity contribution in [3.8, 4) is 0 Å². The van der Waals surface area contributed by atoms with Crippen LogP contribution in [-0.4, -0.2) is 41.1 Å². The molecular formula is C22H22ClNO5. The Bertz CT molecular complexity index is 876. The average molecular weight is 416 g/mol. The molecule has 5 atom stereocenters. The van der Waals surface area contributed by atoms with Gasteiger partial charge in [0.1, 0.15) is 6.04 Å². The van der Waals surface area contributed by atoms with Gasteiger partial charge in [0.05, 0.1) is 11.8 Å². The molecule has 1 aliphatic heterocycles. The van der Waals surface area contributed by atoms with Gasteiger partial charge in [0.25, 0.3) is 0 Å². The summed E-state index contributed by atoms with van der Waals surface area (Å²) in [5.74, 6) is -2.63. The van der Waals surface area contributed by atoms with Crippen molar-refractivity contribution in [3.63, 3.8) is 0 Å². The van der Waals surface area contributed by atoms with Crippen LogP contribution < -0.4 is 0 Å². The van der Waals surface area contributed by atoms with E-state index in [4.69, 9.17) is 16.3 Å². The topological polar surface area (TPSA) is 80.8 Å². The molecule has 2 amide bonds. The van der Waals surface area contributed by atoms with Crippen molar-refractivity contribution in [3.05, 3.63) is 47.0 Å². The quantitative estimate of drug-likeness (QED) is 0.309. The monoisotopic (exact) mass is 415 g/mol. The number of likely N-dealkylation sites (tertiary alicyclic amines) is 1. The molecule has 1 saturated carbocycles. The highest BCUT2D eigenvalue weighted by Crippen LogP contribution is 2.53. The first kappa shape index (κ1) is 19.8. The lowest BCUT2D eigenvalue weighted by Gasteiger charge is -2.28. The third-order valence-electron chi connectivity index (χ3n) is 6.17. The van der Waals surface area contributed by atoms with E-state index in [0.717, 1.165) is 11.3 Å². The van der Waals surface area contributed by atoms with Gasteiger partial charge in [0, 0.05) is 10.6 Å². The standard InChI is InChI=1S/C22H22ClNO5/c1-11(2)19(22(28)29-10-16(25)12-5-7-15(23)8-6-12)24-20(26)17-13-3-4-14(9-13)18(17)21(24)27/h3-8,11,13-14,17-19H,9-10H2,1-2H3/t13-,14+,17+,18-,19-/m0/s1. The van der Waals surface area contributed by atoms with Gasteiger partial charge in [-0.1, -0.05) is 37.6 Å². The molecule has 1 aromatic rings. The fraction of sp³-hybridized carbons (Fsp3) is 0.455. The van der Waals surface area contributed by atoms with Crippen LogP contribution in [0.3, 0.4) is 0 Å². The summed E-state index contributed by atoms with van der Waals surface area (Å²) in [6, 6.07) is 5.23. The van der Waals surface area contributed by atoms with E-state index in [1.807, 2.05) is 12.2 Å². The zero-order valence-electron chi connectivity index (χ0n) is 16.2. The Hall–Kier alpha value is -2.47. The number of hydrogen-bond acceptors (Lipinski definition) is 5. The summed E-state index contributed by atoms with van der Waals surface area (Å²) >= 11 is 5.81. The molecule has 2 fully saturated rings. The molecule has 1 heterocycles. The Balaban J connectivity index is 1.47. The van der Waals surface area contributed by atoms with Crippen LogP contribution in [0.5, 0.6) is 0 Å². The SMILES string of the molecule is CC(C)[C@@H](C(=O)OCC(=O)c1ccc(Cl)cc1)N1C(=O)[C@@H]2[C@H](C1=O)[C@H]1C=C[C@@H]2C1. The Morgan fingerprint density at radius 2 is 1.62 bits per heavy atom. The number of imide groups is 1. The van der Waals surface area contributed by atoms with Crippen molar-refractivity contribution in [1.29, 1.82) is 0 Å². The summed E-state index contributed by atoms with van der Waals surface area (Å²) in [5.41, 5.74) is 0.369. The molecule has 29 heavy (non-hydrogen) atoms. The van der Waals surface area contributed by atoms with Gasteiger partial charge in [-0.25, -0.2) is 4.79 Å². The number of esters is 1. The van der Waals surface area contributed by atoms with E-state index >= 15 is 0 Å². The molecule has 2 bridgehead atoms. The van der Waals surface area contributed by atoms with E-state index in [-0.39, 0.29) is 47.2 Å². The summed E-state index contributed by atoms with van der Waals surface area (Å²) in [6.07, 6.45) is 4.84. The van der Waals surface area contributed by atoms with Gasteiger partial charge in [-0.15, -0.1) is 0 Å². The fourth-order valence-electron chi connectivity index (χ4n) is 4.82. The summed E-state index contributed by atoms with van der Waals surface area (Å²) in [4.78, 5) is 52.2. The highest BCUT2D eigenvalue weighted by molar-refractivity contribution is 6.30. The van der Waals surface area contributed by atoms with Gasteiger partial charge in [-0.2, -0.15) is 0 Å². The normalized spacial score (nSPS) is 28.2. The van der Waals surface area contributed by atoms with Crippen LogP contribution in [0.25, 0.3) is 0 Å². The van der Waals surface area contributed by atoms with Crippen molar-refractivity contribution >= 4 is 35.2 Å². The number of halogens is 1. The smallest absolute Gasteiger partial charge is 0.330 e. The molecule has 0 unspecified atom stereocenters. The van der Waals surface area contributed by atoms with E-state index in [1.54, 1.807) is 38.1 Å². The Morgan fingerprint density at radius 3 is 2.14 bits per heavy atom. The molecular weight excluding hydrogens is 394 g/mol. The number of rotatable bonds is 6. The highest BCUT2D eigenvalue weighted by atomic mass is 35.5. The molecule has 152 valence electrons. The molecule has 0 N–H and O–H groups in total. The van der Waals surface area contributed by atoms with Gasteiger partial charge in [-0.3, -0.25) is 19.3 Å². The van der Waals surface area contributed by atoms with E-state index in [0.29, 0.717) is 10.6 Å². The van der Waals surface area contributed by atoms with Crippen molar-refractivity contribution in [2.45, 2.75) is 26.3 Å². The molecule has 7 heteroatoms. The molecule has 6 nitrogen and oxygen atoms in total. The summed E-state index contributed by atoms with van der Waals surface area (Å²) in [5, 5.41) is 0.499. The van der Waals surface area contributed by atoms with Crippen molar-refractivity contribution in [1.82, 2.24) is 4.90 Å².